The quantitative estimate of drug-likeness (QED) is 0.707. The number of pyridine rings is 1. The summed E-state index contributed by atoms with van der Waals surface area (Å²) in [6, 6.07) is 13.3. The summed E-state index contributed by atoms with van der Waals surface area (Å²) in [5, 5.41) is 3.63. The van der Waals surface area contributed by atoms with Crippen LogP contribution in [-0.2, 0) is 10.5 Å². The molecule has 0 fully saturated rings. The van der Waals surface area contributed by atoms with Crippen LogP contribution in [0.4, 0.5) is 5.69 Å². The Labute approximate surface area is 157 Å². The Balaban J connectivity index is 1.62. The van der Waals surface area contributed by atoms with Crippen LogP contribution in [0.1, 0.15) is 22.4 Å². The van der Waals surface area contributed by atoms with Gasteiger partial charge >= 0.3 is 0 Å². The Morgan fingerprint density at radius 1 is 1.08 bits per heavy atom. The molecule has 0 unspecified atom stereocenters. The van der Waals surface area contributed by atoms with Crippen molar-refractivity contribution in [3.8, 4) is 0 Å². The first kappa shape index (κ1) is 18.3. The third kappa shape index (κ3) is 4.35. The number of amides is 1. The molecule has 0 spiro atoms. The first-order valence-electron chi connectivity index (χ1n) is 8.50. The number of thioether (sulfide) groups is 1. The van der Waals surface area contributed by atoms with Gasteiger partial charge in [-0.25, -0.2) is 0 Å². The van der Waals surface area contributed by atoms with E-state index in [-0.39, 0.29) is 11.3 Å². The highest BCUT2D eigenvalue weighted by Gasteiger charge is 2.07. The number of benzene rings is 2. The van der Waals surface area contributed by atoms with E-state index in [0.29, 0.717) is 16.9 Å². The molecule has 2 N–H and O–H groups in total. The molecule has 3 rings (SSSR count). The van der Waals surface area contributed by atoms with Gasteiger partial charge in [-0.15, -0.1) is 11.8 Å². The average Bonchev–Trinajstić information content (AvgIpc) is 2.55. The van der Waals surface area contributed by atoms with E-state index in [1.165, 1.54) is 11.8 Å². The Kier molecular flexibility index (Phi) is 5.47. The second-order valence-corrected chi connectivity index (χ2v) is 7.56. The third-order valence-electron chi connectivity index (χ3n) is 4.13. The summed E-state index contributed by atoms with van der Waals surface area (Å²) in [5.41, 5.74) is 5.82. The summed E-state index contributed by atoms with van der Waals surface area (Å²) in [4.78, 5) is 27.7. The minimum atomic E-state index is -0.0423. The number of fused-ring (bicyclic) bond motifs is 1. The number of carbonyl (C=O) groups is 1. The van der Waals surface area contributed by atoms with Crippen molar-refractivity contribution in [2.24, 2.45) is 0 Å². The van der Waals surface area contributed by atoms with Crippen LogP contribution < -0.4 is 10.7 Å². The normalized spacial score (nSPS) is 10.9. The molecule has 0 bridgehead atoms. The standard InChI is InChI=1S/C21H22N2O2S/c1-13-7-14(2)9-16(8-13)22-20(25)12-26-11-17-10-19(24)18-6-4-5-15(3)21(18)23-17/h4-10H,11-12H2,1-3H3,(H,22,25)(H,23,24). The second kappa shape index (κ2) is 7.79. The minimum absolute atomic E-state index is 0.0118. The number of aromatic amines is 1. The molecular formula is C21H22N2O2S. The lowest BCUT2D eigenvalue weighted by Crippen LogP contribution is -2.14. The molecule has 3 aromatic rings. The first-order valence-corrected chi connectivity index (χ1v) is 9.65. The average molecular weight is 366 g/mol. The number of aromatic nitrogens is 1. The fraction of sp³-hybridized carbons (Fsp3) is 0.238. The van der Waals surface area contributed by atoms with Gasteiger partial charge in [0, 0.05) is 28.6 Å². The molecule has 26 heavy (non-hydrogen) atoms. The summed E-state index contributed by atoms with van der Waals surface area (Å²) in [6.07, 6.45) is 0. The lowest BCUT2D eigenvalue weighted by molar-refractivity contribution is -0.113. The first-order chi connectivity index (χ1) is 12.4. The van der Waals surface area contributed by atoms with Crippen LogP contribution in [0.5, 0.6) is 0 Å². The molecule has 1 aromatic heterocycles. The summed E-state index contributed by atoms with van der Waals surface area (Å²) in [7, 11) is 0. The molecular weight excluding hydrogens is 344 g/mol. The van der Waals surface area contributed by atoms with E-state index in [2.05, 4.69) is 16.4 Å². The summed E-state index contributed by atoms with van der Waals surface area (Å²) in [6.45, 7) is 6.00. The van der Waals surface area contributed by atoms with Gasteiger partial charge in [-0.05, 0) is 55.7 Å². The van der Waals surface area contributed by atoms with Gasteiger partial charge in [0.15, 0.2) is 5.43 Å². The van der Waals surface area contributed by atoms with Gasteiger partial charge in [0.25, 0.3) is 0 Å². The van der Waals surface area contributed by atoms with Crippen LogP contribution in [-0.4, -0.2) is 16.6 Å². The fourth-order valence-electron chi connectivity index (χ4n) is 3.05. The SMILES string of the molecule is Cc1cc(C)cc(NC(=O)CSCc2cc(=O)c3cccc(C)c3[nH]2)c1. The van der Waals surface area contributed by atoms with Crippen LogP contribution >= 0.6 is 11.8 Å². The number of H-pyrrole nitrogens is 1. The maximum atomic E-state index is 12.2. The van der Waals surface area contributed by atoms with E-state index in [0.717, 1.165) is 33.6 Å². The van der Waals surface area contributed by atoms with Crippen LogP contribution in [0.2, 0.25) is 0 Å². The van der Waals surface area contributed by atoms with E-state index in [1.54, 1.807) is 6.07 Å². The fourth-order valence-corrected chi connectivity index (χ4v) is 3.78. The van der Waals surface area contributed by atoms with Crippen molar-refractivity contribution in [3.63, 3.8) is 0 Å². The number of carbonyl (C=O) groups excluding carboxylic acids is 1. The zero-order chi connectivity index (χ0) is 18.7. The van der Waals surface area contributed by atoms with Crippen LogP contribution in [0.15, 0.2) is 47.3 Å². The van der Waals surface area contributed by atoms with E-state index in [9.17, 15) is 9.59 Å². The van der Waals surface area contributed by atoms with Crippen molar-refractivity contribution in [2.45, 2.75) is 26.5 Å². The Morgan fingerprint density at radius 3 is 2.54 bits per heavy atom. The molecule has 5 heteroatoms. The molecule has 0 saturated heterocycles. The number of aryl methyl sites for hydroxylation is 3. The monoisotopic (exact) mass is 366 g/mol. The third-order valence-corrected chi connectivity index (χ3v) is 5.11. The summed E-state index contributed by atoms with van der Waals surface area (Å²) in [5.74, 6) is 0.875. The lowest BCUT2D eigenvalue weighted by Gasteiger charge is -2.08. The van der Waals surface area contributed by atoms with Crippen molar-refractivity contribution < 1.29 is 4.79 Å². The molecule has 0 aliphatic carbocycles. The van der Waals surface area contributed by atoms with Crippen molar-refractivity contribution in [1.82, 2.24) is 4.98 Å². The summed E-state index contributed by atoms with van der Waals surface area (Å²) >= 11 is 1.48. The zero-order valence-corrected chi connectivity index (χ0v) is 16.0. The Morgan fingerprint density at radius 2 is 1.81 bits per heavy atom. The molecule has 2 aromatic carbocycles. The van der Waals surface area contributed by atoms with Gasteiger partial charge in [-0.2, -0.15) is 0 Å². The van der Waals surface area contributed by atoms with Gasteiger partial charge in [0.05, 0.1) is 11.3 Å². The smallest absolute Gasteiger partial charge is 0.234 e. The van der Waals surface area contributed by atoms with Crippen molar-refractivity contribution >= 4 is 34.3 Å². The van der Waals surface area contributed by atoms with E-state index in [4.69, 9.17) is 0 Å². The largest absolute Gasteiger partial charge is 0.357 e. The number of hydrogen-bond acceptors (Lipinski definition) is 3. The number of para-hydroxylation sites is 1. The molecule has 0 aliphatic rings. The number of rotatable bonds is 5. The lowest BCUT2D eigenvalue weighted by atomic mass is 10.1. The highest BCUT2D eigenvalue weighted by atomic mass is 32.2. The van der Waals surface area contributed by atoms with Crippen LogP contribution in [0, 0.1) is 20.8 Å². The predicted molar refractivity (Wildman–Crippen MR) is 110 cm³/mol. The number of nitrogens with one attached hydrogen (secondary N) is 2. The predicted octanol–water partition coefficient (Wildman–Crippen LogP) is 4.33. The summed E-state index contributed by atoms with van der Waals surface area (Å²) < 4.78 is 0. The van der Waals surface area contributed by atoms with Crippen molar-refractivity contribution in [3.05, 3.63) is 75.1 Å². The maximum Gasteiger partial charge on any atom is 0.234 e. The van der Waals surface area contributed by atoms with Gasteiger partial charge in [0.2, 0.25) is 5.91 Å². The highest BCUT2D eigenvalue weighted by Crippen LogP contribution is 2.17. The van der Waals surface area contributed by atoms with Crippen molar-refractivity contribution in [1.29, 1.82) is 0 Å². The van der Waals surface area contributed by atoms with E-state index in [1.807, 2.05) is 51.1 Å². The van der Waals surface area contributed by atoms with Crippen LogP contribution in [0.3, 0.4) is 0 Å². The number of anilines is 1. The highest BCUT2D eigenvalue weighted by molar-refractivity contribution is 7.99. The molecule has 1 amide bonds. The molecule has 1 heterocycles. The molecule has 0 saturated carbocycles. The van der Waals surface area contributed by atoms with Crippen molar-refractivity contribution in [2.75, 3.05) is 11.1 Å². The Bertz CT molecular complexity index is 1000. The maximum absolute atomic E-state index is 12.2. The van der Waals surface area contributed by atoms with E-state index >= 15 is 0 Å². The molecule has 0 radical (unpaired) electrons. The second-order valence-electron chi connectivity index (χ2n) is 6.57. The molecule has 4 nitrogen and oxygen atoms in total. The molecule has 0 atom stereocenters. The van der Waals surface area contributed by atoms with Gasteiger partial charge < -0.3 is 10.3 Å². The Hall–Kier alpha value is -2.53. The number of hydrogen-bond donors (Lipinski definition) is 2. The molecule has 0 aliphatic heterocycles. The van der Waals surface area contributed by atoms with E-state index < -0.39 is 0 Å². The van der Waals surface area contributed by atoms with Crippen LogP contribution in [0.25, 0.3) is 10.9 Å². The minimum Gasteiger partial charge on any atom is -0.357 e. The topological polar surface area (TPSA) is 62.0 Å². The zero-order valence-electron chi connectivity index (χ0n) is 15.2. The molecule has 134 valence electrons. The van der Waals surface area contributed by atoms with Gasteiger partial charge in [0.1, 0.15) is 0 Å². The van der Waals surface area contributed by atoms with Gasteiger partial charge in [-0.1, -0.05) is 18.2 Å². The van der Waals surface area contributed by atoms with Gasteiger partial charge in [-0.3, -0.25) is 9.59 Å².